The van der Waals surface area contributed by atoms with E-state index in [1.807, 2.05) is 0 Å². The summed E-state index contributed by atoms with van der Waals surface area (Å²) in [7, 11) is 2.69. The molecule has 6 unspecified atom stereocenters. The molecular weight excluding hydrogens is 732 g/mol. The predicted octanol–water partition coefficient (Wildman–Crippen LogP) is 1.29. The van der Waals surface area contributed by atoms with Crippen molar-refractivity contribution in [3.63, 3.8) is 0 Å². The molecule has 2 aromatic carbocycles. The second kappa shape index (κ2) is 14.3. The molecule has 3 heterocycles. The smallest absolute Gasteiger partial charge is 0.412 e. The van der Waals surface area contributed by atoms with E-state index in [4.69, 9.17) is 28.4 Å². The quantitative estimate of drug-likeness (QED) is 0.112. The number of phenols is 2. The number of nitrogens with zero attached hydrogens (tertiary/aromatic N) is 4. The summed E-state index contributed by atoms with van der Waals surface area (Å²) >= 11 is 0. The van der Waals surface area contributed by atoms with Gasteiger partial charge in [0.05, 0.1) is 49.1 Å². The molecule has 0 bridgehead atoms. The number of aromatic hydroxyl groups is 2. The van der Waals surface area contributed by atoms with Gasteiger partial charge in [-0.3, -0.25) is 19.3 Å². The van der Waals surface area contributed by atoms with Crippen molar-refractivity contribution in [1.29, 1.82) is 0 Å². The number of aliphatic hydroxyl groups excluding tert-OH is 1. The van der Waals surface area contributed by atoms with Crippen LogP contribution in [0.4, 0.5) is 10.6 Å². The van der Waals surface area contributed by atoms with Gasteiger partial charge in [0, 0.05) is 36.0 Å². The highest BCUT2D eigenvalue weighted by Crippen LogP contribution is 2.52. The SMILES string of the molecule is COc1cccc2c1C(=O)c1c(O)c3c(c(O)c1C2=O)CC(O)(C(=O)CO)CC3OC1CC2C(OCOCN2C(=O)OCc2ncc([N+](=O)[O-])n2C)C(C)O1. The summed E-state index contributed by atoms with van der Waals surface area (Å²) in [5, 5.41) is 56.1. The first kappa shape index (κ1) is 37.8. The summed E-state index contributed by atoms with van der Waals surface area (Å²) in [6.45, 7) is -0.420. The third kappa shape index (κ3) is 6.25. The Balaban J connectivity index is 1.22. The van der Waals surface area contributed by atoms with Crippen molar-refractivity contribution in [2.75, 3.05) is 27.2 Å². The number of aliphatic hydroxyl groups is 2. The summed E-state index contributed by atoms with van der Waals surface area (Å²) in [4.78, 5) is 70.0. The second-order valence-electron chi connectivity index (χ2n) is 13.5. The second-order valence-corrected chi connectivity index (χ2v) is 13.5. The van der Waals surface area contributed by atoms with Gasteiger partial charge in [-0.1, -0.05) is 12.1 Å². The van der Waals surface area contributed by atoms with Crippen LogP contribution in [0.15, 0.2) is 24.4 Å². The summed E-state index contributed by atoms with van der Waals surface area (Å²) in [5.74, 6) is -4.38. The van der Waals surface area contributed by atoms with Crippen molar-refractivity contribution < 1.29 is 72.9 Å². The molecule has 4 N–H and O–H groups in total. The van der Waals surface area contributed by atoms with Crippen molar-refractivity contribution >= 4 is 29.3 Å². The van der Waals surface area contributed by atoms with Gasteiger partial charge in [0.1, 0.15) is 55.3 Å². The maximum Gasteiger partial charge on any atom is 0.412 e. The fourth-order valence-electron chi connectivity index (χ4n) is 7.73. The number of aromatic nitrogens is 2. The molecule has 0 radical (unpaired) electrons. The minimum atomic E-state index is -2.37. The Morgan fingerprint density at radius 3 is 2.58 bits per heavy atom. The van der Waals surface area contributed by atoms with Gasteiger partial charge in [-0.2, -0.15) is 0 Å². The molecule has 1 aromatic heterocycles. The molecule has 0 saturated carbocycles. The summed E-state index contributed by atoms with van der Waals surface area (Å²) in [6.07, 6.45) is -5.61. The molecule has 20 heteroatoms. The van der Waals surface area contributed by atoms with E-state index >= 15 is 0 Å². The number of carbonyl (C=O) groups excluding carboxylic acids is 4. The number of Topliss-reactive ketones (excluding diaryl/α,β-unsaturated/α-hetero) is 1. The van der Waals surface area contributed by atoms with Crippen LogP contribution in [-0.4, -0.2) is 121 Å². The van der Waals surface area contributed by atoms with E-state index in [2.05, 4.69) is 4.98 Å². The van der Waals surface area contributed by atoms with E-state index in [0.29, 0.717) is 0 Å². The van der Waals surface area contributed by atoms with Crippen LogP contribution in [0.1, 0.15) is 74.7 Å². The van der Waals surface area contributed by atoms with E-state index < -0.39 is 113 Å². The fraction of sp³-hybridized carbons (Fsp3) is 0.457. The first-order valence-corrected chi connectivity index (χ1v) is 17.0. The highest BCUT2D eigenvalue weighted by Gasteiger charge is 2.51. The first-order chi connectivity index (χ1) is 26.2. The summed E-state index contributed by atoms with van der Waals surface area (Å²) in [5.41, 5.74) is -4.17. The molecule has 0 spiro atoms. The topological polar surface area (TPSA) is 269 Å². The van der Waals surface area contributed by atoms with Crippen LogP contribution in [-0.2, 0) is 48.6 Å². The summed E-state index contributed by atoms with van der Waals surface area (Å²) < 4.78 is 35.7. The van der Waals surface area contributed by atoms with Crippen LogP contribution < -0.4 is 4.74 Å². The Bertz CT molecular complexity index is 2120. The van der Waals surface area contributed by atoms with Gasteiger partial charge in [-0.25, -0.2) is 14.3 Å². The molecule has 7 rings (SSSR count). The molecule has 55 heavy (non-hydrogen) atoms. The Labute approximate surface area is 310 Å². The van der Waals surface area contributed by atoms with Crippen LogP contribution in [0.2, 0.25) is 0 Å². The van der Waals surface area contributed by atoms with Crippen LogP contribution in [0.3, 0.4) is 0 Å². The van der Waals surface area contributed by atoms with Crippen molar-refractivity contribution in [1.82, 2.24) is 14.5 Å². The molecule has 6 atom stereocenters. The Kier molecular flexibility index (Phi) is 9.82. The van der Waals surface area contributed by atoms with Gasteiger partial charge < -0.3 is 59.0 Å². The average Bonchev–Trinajstić information content (AvgIpc) is 3.39. The van der Waals surface area contributed by atoms with Crippen LogP contribution in [0.5, 0.6) is 17.2 Å². The number of rotatable bonds is 8. The van der Waals surface area contributed by atoms with E-state index in [-0.39, 0.29) is 59.6 Å². The van der Waals surface area contributed by atoms with E-state index in [1.165, 1.54) is 37.3 Å². The Morgan fingerprint density at radius 1 is 1.15 bits per heavy atom. The average molecular weight is 769 g/mol. The van der Waals surface area contributed by atoms with E-state index in [0.717, 1.165) is 10.8 Å². The lowest BCUT2D eigenvalue weighted by Gasteiger charge is -2.44. The highest BCUT2D eigenvalue weighted by atomic mass is 16.7. The number of ketones is 3. The maximum atomic E-state index is 14.0. The van der Waals surface area contributed by atoms with Gasteiger partial charge in [0.15, 0.2) is 24.5 Å². The standard InChI is InChI=1S/C35H36N4O16/c1-15-33-18(38(13-51-14-53-33)34(46)52-12-22-36-10-23(37(22)2)39(48)49)7-24(54-15)55-20-9-35(47,21(41)11-40)8-17-26(20)32(45)28-27(30(17)43)29(42)16-5-4-6-19(50-3)25(16)31(28)44/h4-6,10,15,18,20,24,33,40,43,45,47H,7-9,11-14H2,1-3H3. The Morgan fingerprint density at radius 2 is 1.89 bits per heavy atom. The number of ether oxygens (including phenoxy) is 6. The van der Waals surface area contributed by atoms with Gasteiger partial charge in [-0.15, -0.1) is 0 Å². The Hall–Kier alpha value is -5.51. The van der Waals surface area contributed by atoms with Gasteiger partial charge in [0.25, 0.3) is 0 Å². The number of benzene rings is 2. The number of methoxy groups -OCH3 is 1. The number of hydrogen-bond donors (Lipinski definition) is 4. The number of fused-ring (bicyclic) bond motifs is 4. The number of carbonyl (C=O) groups is 4. The zero-order valence-electron chi connectivity index (χ0n) is 29.6. The minimum absolute atomic E-state index is 0.0480. The van der Waals surface area contributed by atoms with Crippen molar-refractivity contribution in [3.8, 4) is 17.2 Å². The molecule has 20 nitrogen and oxygen atoms in total. The number of phenolic OH excluding ortho intramolecular Hbond substituents is 2. The number of amides is 1. The number of hydrogen-bond acceptors (Lipinski definition) is 17. The summed E-state index contributed by atoms with van der Waals surface area (Å²) in [6, 6.07) is 3.43. The molecule has 2 saturated heterocycles. The molecule has 2 fully saturated rings. The molecule has 292 valence electrons. The fourth-order valence-corrected chi connectivity index (χ4v) is 7.73. The monoisotopic (exact) mass is 768 g/mol. The lowest BCUT2D eigenvalue weighted by atomic mass is 9.72. The van der Waals surface area contributed by atoms with Crippen LogP contribution in [0.25, 0.3) is 0 Å². The largest absolute Gasteiger partial charge is 0.507 e. The van der Waals surface area contributed by atoms with Crippen molar-refractivity contribution in [2.24, 2.45) is 7.05 Å². The minimum Gasteiger partial charge on any atom is -0.507 e. The molecule has 1 amide bonds. The maximum absolute atomic E-state index is 14.0. The molecule has 2 aliphatic heterocycles. The van der Waals surface area contributed by atoms with Gasteiger partial charge in [-0.05, 0) is 17.9 Å². The van der Waals surface area contributed by atoms with E-state index in [9.17, 15) is 49.7 Å². The van der Waals surface area contributed by atoms with Crippen LogP contribution in [0, 0.1) is 10.1 Å². The highest BCUT2D eigenvalue weighted by molar-refractivity contribution is 6.31. The first-order valence-electron chi connectivity index (χ1n) is 17.0. The lowest BCUT2D eigenvalue weighted by molar-refractivity contribution is -0.391. The number of nitro groups is 1. The predicted molar refractivity (Wildman–Crippen MR) is 179 cm³/mol. The third-order valence-electron chi connectivity index (χ3n) is 10.5. The molecule has 2 aliphatic carbocycles. The van der Waals surface area contributed by atoms with Gasteiger partial charge >= 0.3 is 11.9 Å². The van der Waals surface area contributed by atoms with E-state index in [1.54, 1.807) is 6.92 Å². The normalized spacial score (nSPS) is 25.9. The number of imidazole rings is 1. The van der Waals surface area contributed by atoms with Crippen molar-refractivity contribution in [3.05, 3.63) is 73.7 Å². The zero-order chi connectivity index (χ0) is 39.5. The van der Waals surface area contributed by atoms with Crippen molar-refractivity contribution in [2.45, 2.75) is 69.0 Å². The third-order valence-corrected chi connectivity index (χ3v) is 10.5. The molecule has 4 aliphatic rings. The molecule has 3 aromatic rings. The van der Waals surface area contributed by atoms with Crippen LogP contribution >= 0.6 is 0 Å². The zero-order valence-corrected chi connectivity index (χ0v) is 29.6. The molecular formula is C35H36N4O16. The van der Waals surface area contributed by atoms with Gasteiger partial charge in [0.2, 0.25) is 11.6 Å². The lowest BCUT2D eigenvalue weighted by Crippen LogP contribution is -2.57.